The van der Waals surface area contributed by atoms with Crippen LogP contribution in [-0.2, 0) is 11.2 Å². The van der Waals surface area contributed by atoms with Gasteiger partial charge in [-0.1, -0.05) is 25.5 Å². The number of amides is 1. The lowest BCUT2D eigenvalue weighted by Crippen LogP contribution is -2.14. The molecule has 0 atom stereocenters. The van der Waals surface area contributed by atoms with Crippen molar-refractivity contribution >= 4 is 17.3 Å². The van der Waals surface area contributed by atoms with Crippen LogP contribution in [0, 0.1) is 23.0 Å². The third kappa shape index (κ3) is 5.42. The molecule has 0 heterocycles. The van der Waals surface area contributed by atoms with Gasteiger partial charge in [-0.25, -0.2) is 8.78 Å². The number of unbranched alkanes of at least 4 members (excludes halogenated alkanes) is 1. The number of hydrogen-bond acceptors (Lipinski definition) is 3. The molecule has 0 aliphatic carbocycles. The Morgan fingerprint density at radius 3 is 2.58 bits per heavy atom. The van der Waals surface area contributed by atoms with Crippen LogP contribution >= 0.6 is 0 Å². The van der Waals surface area contributed by atoms with E-state index in [1.54, 1.807) is 18.2 Å². The highest BCUT2D eigenvalue weighted by molar-refractivity contribution is 6.06. The minimum atomic E-state index is -0.692. The van der Waals surface area contributed by atoms with Gasteiger partial charge in [-0.3, -0.25) is 4.79 Å². The maximum atomic E-state index is 13.6. The van der Waals surface area contributed by atoms with Crippen LogP contribution in [-0.4, -0.2) is 5.91 Å². The van der Waals surface area contributed by atoms with Gasteiger partial charge in [0.25, 0.3) is 5.91 Å². The van der Waals surface area contributed by atoms with Gasteiger partial charge in [0.2, 0.25) is 0 Å². The van der Waals surface area contributed by atoms with Crippen LogP contribution in [0.15, 0.2) is 54.2 Å². The van der Waals surface area contributed by atoms with E-state index in [9.17, 15) is 13.6 Å². The molecule has 0 radical (unpaired) electrons. The summed E-state index contributed by atoms with van der Waals surface area (Å²) in [4.78, 5) is 12.2. The molecule has 2 N–H and O–H groups in total. The van der Waals surface area contributed by atoms with Gasteiger partial charge in [0, 0.05) is 18.0 Å². The number of rotatable bonds is 7. The fourth-order valence-electron chi connectivity index (χ4n) is 2.24. The van der Waals surface area contributed by atoms with Crippen LogP contribution < -0.4 is 10.6 Å². The van der Waals surface area contributed by atoms with Gasteiger partial charge in [0.15, 0.2) is 0 Å². The van der Waals surface area contributed by atoms with Crippen molar-refractivity contribution in [2.75, 3.05) is 10.6 Å². The normalized spacial score (nSPS) is 10.9. The Balaban J connectivity index is 2.04. The van der Waals surface area contributed by atoms with Crippen LogP contribution in [0.25, 0.3) is 0 Å². The summed E-state index contributed by atoms with van der Waals surface area (Å²) in [6.45, 7) is 2.12. The minimum Gasteiger partial charge on any atom is -0.358 e. The predicted octanol–water partition coefficient (Wildman–Crippen LogP) is 4.77. The van der Waals surface area contributed by atoms with Crippen molar-refractivity contribution in [3.05, 3.63) is 71.4 Å². The second kappa shape index (κ2) is 9.33. The number of carbonyl (C=O) groups is 1. The van der Waals surface area contributed by atoms with Crippen molar-refractivity contribution in [3.8, 4) is 6.07 Å². The van der Waals surface area contributed by atoms with E-state index in [1.807, 2.05) is 12.1 Å². The molecule has 2 rings (SSSR count). The van der Waals surface area contributed by atoms with Crippen LogP contribution in [0.5, 0.6) is 0 Å². The van der Waals surface area contributed by atoms with E-state index in [1.165, 1.54) is 5.56 Å². The molecular formula is C20H19F2N3O. The molecular weight excluding hydrogens is 336 g/mol. The molecule has 26 heavy (non-hydrogen) atoms. The van der Waals surface area contributed by atoms with Gasteiger partial charge in [0.05, 0.1) is 5.69 Å². The quantitative estimate of drug-likeness (QED) is 0.556. The van der Waals surface area contributed by atoms with E-state index in [-0.39, 0.29) is 11.3 Å². The molecule has 0 bridgehead atoms. The first-order valence-corrected chi connectivity index (χ1v) is 8.25. The molecule has 6 heteroatoms. The molecule has 0 saturated carbocycles. The Morgan fingerprint density at radius 2 is 1.92 bits per heavy atom. The van der Waals surface area contributed by atoms with E-state index in [2.05, 4.69) is 17.6 Å². The van der Waals surface area contributed by atoms with Gasteiger partial charge in [-0.2, -0.15) is 5.26 Å². The highest BCUT2D eigenvalue weighted by Gasteiger charge is 2.10. The Labute approximate surface area is 151 Å². The van der Waals surface area contributed by atoms with Gasteiger partial charge in [-0.15, -0.1) is 0 Å². The van der Waals surface area contributed by atoms with Crippen LogP contribution in [0.3, 0.4) is 0 Å². The average molecular weight is 355 g/mol. The molecule has 0 unspecified atom stereocenters. The van der Waals surface area contributed by atoms with Crippen LogP contribution in [0.1, 0.15) is 25.3 Å². The second-order valence-electron chi connectivity index (χ2n) is 5.69. The second-order valence-corrected chi connectivity index (χ2v) is 5.69. The van der Waals surface area contributed by atoms with E-state index in [0.717, 1.165) is 43.7 Å². The number of nitrogens with zero attached hydrogens (tertiary/aromatic N) is 1. The van der Waals surface area contributed by atoms with E-state index >= 15 is 0 Å². The zero-order chi connectivity index (χ0) is 18.9. The number of nitrogens with one attached hydrogen (secondary N) is 2. The lowest BCUT2D eigenvalue weighted by Gasteiger charge is -2.07. The molecule has 4 nitrogen and oxygen atoms in total. The minimum absolute atomic E-state index is 0.161. The standard InChI is InChI=1S/C20H19F2N3O/c1-2-3-4-14-5-8-17(9-6-14)25-20(26)15(12-23)13-24-19-11-16(21)7-10-18(19)22/h5-11,13,24H,2-4H2,1H3,(H,25,26)/b15-13-. The van der Waals surface area contributed by atoms with Crippen molar-refractivity contribution in [1.82, 2.24) is 0 Å². The van der Waals surface area contributed by atoms with Crippen LogP contribution in [0.2, 0.25) is 0 Å². The van der Waals surface area contributed by atoms with Crippen LogP contribution in [0.4, 0.5) is 20.2 Å². The predicted molar refractivity (Wildman–Crippen MR) is 97.4 cm³/mol. The Morgan fingerprint density at radius 1 is 1.19 bits per heavy atom. The number of anilines is 2. The lowest BCUT2D eigenvalue weighted by molar-refractivity contribution is -0.112. The Bertz CT molecular complexity index is 839. The summed E-state index contributed by atoms with van der Waals surface area (Å²) in [5.41, 5.74) is 1.30. The highest BCUT2D eigenvalue weighted by Crippen LogP contribution is 2.16. The summed E-state index contributed by atoms with van der Waals surface area (Å²) in [7, 11) is 0. The zero-order valence-electron chi connectivity index (χ0n) is 14.4. The fourth-order valence-corrected chi connectivity index (χ4v) is 2.24. The summed E-state index contributed by atoms with van der Waals surface area (Å²) in [5, 5.41) is 14.2. The van der Waals surface area contributed by atoms with Gasteiger partial charge in [-0.05, 0) is 42.7 Å². The Hall–Kier alpha value is -3.20. The van der Waals surface area contributed by atoms with E-state index in [4.69, 9.17) is 5.26 Å². The third-order valence-corrected chi connectivity index (χ3v) is 3.70. The first-order chi connectivity index (χ1) is 12.5. The molecule has 1 amide bonds. The molecule has 0 aliphatic heterocycles. The summed E-state index contributed by atoms with van der Waals surface area (Å²) in [6, 6.07) is 12.0. The van der Waals surface area contributed by atoms with Crippen molar-refractivity contribution in [2.24, 2.45) is 0 Å². The number of carbonyl (C=O) groups excluding carboxylic acids is 1. The van der Waals surface area contributed by atoms with E-state index < -0.39 is 17.5 Å². The highest BCUT2D eigenvalue weighted by atomic mass is 19.1. The topological polar surface area (TPSA) is 64.9 Å². The Kier molecular flexibility index (Phi) is 6.86. The average Bonchev–Trinajstić information content (AvgIpc) is 2.64. The van der Waals surface area contributed by atoms with Gasteiger partial charge in [0.1, 0.15) is 23.3 Å². The first kappa shape index (κ1) is 19.1. The molecule has 0 aromatic heterocycles. The number of benzene rings is 2. The smallest absolute Gasteiger partial charge is 0.267 e. The van der Waals surface area contributed by atoms with Gasteiger partial charge >= 0.3 is 0 Å². The lowest BCUT2D eigenvalue weighted by atomic mass is 10.1. The SMILES string of the molecule is CCCCc1ccc(NC(=O)/C(C#N)=C\Nc2cc(F)ccc2F)cc1. The molecule has 0 fully saturated rings. The third-order valence-electron chi connectivity index (χ3n) is 3.70. The molecule has 0 saturated heterocycles. The van der Waals surface area contributed by atoms with Crippen molar-refractivity contribution in [3.63, 3.8) is 0 Å². The zero-order valence-corrected chi connectivity index (χ0v) is 14.4. The monoisotopic (exact) mass is 355 g/mol. The number of halogens is 2. The fraction of sp³-hybridized carbons (Fsp3) is 0.200. The molecule has 0 spiro atoms. The number of hydrogen-bond donors (Lipinski definition) is 2. The summed E-state index contributed by atoms with van der Waals surface area (Å²) < 4.78 is 26.7. The summed E-state index contributed by atoms with van der Waals surface area (Å²) in [6.07, 6.45) is 4.21. The summed E-state index contributed by atoms with van der Waals surface area (Å²) >= 11 is 0. The first-order valence-electron chi connectivity index (χ1n) is 8.25. The van der Waals surface area contributed by atoms with E-state index in [0.29, 0.717) is 5.69 Å². The largest absolute Gasteiger partial charge is 0.358 e. The molecule has 2 aromatic carbocycles. The van der Waals surface area contributed by atoms with Gasteiger partial charge < -0.3 is 10.6 Å². The molecule has 134 valence electrons. The molecule has 2 aromatic rings. The maximum Gasteiger partial charge on any atom is 0.267 e. The molecule has 0 aliphatic rings. The van der Waals surface area contributed by atoms with Crippen molar-refractivity contribution in [2.45, 2.75) is 26.2 Å². The van der Waals surface area contributed by atoms with Crippen molar-refractivity contribution < 1.29 is 13.6 Å². The summed E-state index contributed by atoms with van der Waals surface area (Å²) in [5.74, 6) is -1.96. The maximum absolute atomic E-state index is 13.6. The van der Waals surface area contributed by atoms with Crippen molar-refractivity contribution in [1.29, 1.82) is 5.26 Å². The number of nitriles is 1. The number of aryl methyl sites for hydroxylation is 1.